The molecule has 10 nitrogen and oxygen atoms in total. The van der Waals surface area contributed by atoms with E-state index in [1.54, 1.807) is 80.5 Å². The number of benzene rings is 1. The maximum absolute atomic E-state index is 12.5. The Morgan fingerprint density at radius 1 is 0.921 bits per heavy atom. The standard InChI is InChI=1S/C27H46NO9P/c1-23(2,3)28-16-21(32-22(30)34-24(4,5)6)18-13-14-20(19(15-18)17-29)33-27(37-38-31,35-25(7,8)9)36-26(10,11)12/h13-15,21,28-29H,16-17H2,1-12H3. The molecule has 0 fully saturated rings. The second-order valence-electron chi connectivity index (χ2n) is 12.9. The first kappa shape index (κ1) is 34.2. The van der Waals surface area contributed by atoms with Gasteiger partial charge in [-0.2, -0.15) is 4.52 Å². The van der Waals surface area contributed by atoms with Crippen molar-refractivity contribution in [3.8, 4) is 5.75 Å². The molecule has 0 saturated heterocycles. The van der Waals surface area contributed by atoms with Crippen molar-refractivity contribution < 1.29 is 42.7 Å². The van der Waals surface area contributed by atoms with Crippen LogP contribution in [0, 0.1) is 0 Å². The summed E-state index contributed by atoms with van der Waals surface area (Å²) in [5.41, 5.74) is -1.69. The number of aliphatic hydroxyl groups is 1. The van der Waals surface area contributed by atoms with E-state index in [1.165, 1.54) is 0 Å². The third-order valence-corrected chi connectivity index (χ3v) is 4.62. The molecule has 218 valence electrons. The number of aliphatic hydroxyl groups excluding tert-OH is 1. The molecule has 38 heavy (non-hydrogen) atoms. The minimum atomic E-state index is -2.19. The number of nitrogens with one attached hydrogen (secondary N) is 1. The Kier molecular flexibility index (Phi) is 11.7. The number of rotatable bonds is 11. The molecule has 0 aliphatic carbocycles. The molecule has 11 heteroatoms. The minimum Gasteiger partial charge on any atom is -0.429 e. The maximum Gasteiger partial charge on any atom is 0.509 e. The molecule has 1 rings (SSSR count). The minimum absolute atomic E-state index is 0.160. The normalized spacial score (nSPS) is 14.3. The van der Waals surface area contributed by atoms with Crippen LogP contribution in [0.1, 0.15) is 100 Å². The molecular weight excluding hydrogens is 513 g/mol. The van der Waals surface area contributed by atoms with E-state index in [9.17, 15) is 14.5 Å². The summed E-state index contributed by atoms with van der Waals surface area (Å²) < 4.78 is 45.8. The van der Waals surface area contributed by atoms with Crippen molar-refractivity contribution in [2.75, 3.05) is 6.54 Å². The predicted octanol–water partition coefficient (Wildman–Crippen LogP) is 6.40. The summed E-state index contributed by atoms with van der Waals surface area (Å²) in [7, 11) is -0.737. The summed E-state index contributed by atoms with van der Waals surface area (Å²) in [5.74, 6) is 0.160. The molecule has 0 bridgehead atoms. The lowest BCUT2D eigenvalue weighted by Crippen LogP contribution is -2.51. The zero-order chi connectivity index (χ0) is 29.6. The predicted molar refractivity (Wildman–Crippen MR) is 144 cm³/mol. The fourth-order valence-electron chi connectivity index (χ4n) is 3.09. The van der Waals surface area contributed by atoms with Gasteiger partial charge in [-0.15, -0.1) is 0 Å². The molecule has 0 saturated carbocycles. The van der Waals surface area contributed by atoms with E-state index in [2.05, 4.69) is 5.32 Å². The highest BCUT2D eigenvalue weighted by Gasteiger charge is 2.46. The van der Waals surface area contributed by atoms with Crippen molar-refractivity contribution in [3.63, 3.8) is 0 Å². The molecule has 1 aromatic carbocycles. The van der Waals surface area contributed by atoms with Crippen LogP contribution >= 0.6 is 8.69 Å². The lowest BCUT2D eigenvalue weighted by atomic mass is 10.0. The smallest absolute Gasteiger partial charge is 0.429 e. The molecule has 0 radical (unpaired) electrons. The van der Waals surface area contributed by atoms with Crippen molar-refractivity contribution >= 4 is 14.8 Å². The Morgan fingerprint density at radius 3 is 1.89 bits per heavy atom. The van der Waals surface area contributed by atoms with Crippen LogP contribution in [0.3, 0.4) is 0 Å². The fraction of sp³-hybridized carbons (Fsp3) is 0.741. The molecule has 0 amide bonds. The number of hydrogen-bond donors (Lipinski definition) is 2. The van der Waals surface area contributed by atoms with E-state index < -0.39 is 50.5 Å². The van der Waals surface area contributed by atoms with E-state index >= 15 is 0 Å². The average Bonchev–Trinajstić information content (AvgIpc) is 2.66. The third-order valence-electron chi connectivity index (χ3n) is 4.32. The summed E-state index contributed by atoms with van der Waals surface area (Å²) in [6.07, 6.45) is -3.74. The summed E-state index contributed by atoms with van der Waals surface area (Å²) in [6, 6.07) is 4.89. The van der Waals surface area contributed by atoms with Gasteiger partial charge in [-0.05, 0) is 101 Å². The quantitative estimate of drug-likeness (QED) is 0.179. The van der Waals surface area contributed by atoms with Crippen molar-refractivity contribution in [2.45, 2.75) is 124 Å². The Balaban J connectivity index is 3.46. The maximum atomic E-state index is 12.5. The van der Waals surface area contributed by atoms with E-state index in [1.807, 2.05) is 20.8 Å². The second kappa shape index (κ2) is 13.0. The Bertz CT molecular complexity index is 908. The SMILES string of the molecule is CC(C)(C)NCC(OC(=O)OC(C)(C)C)c1ccc(OC(OP=O)(OC(C)(C)C)OC(C)(C)C)c(CO)c1. The Morgan fingerprint density at radius 2 is 1.47 bits per heavy atom. The zero-order valence-corrected chi connectivity index (χ0v) is 25.8. The topological polar surface area (TPSA) is 122 Å². The molecular formula is C27H46NO9P. The lowest BCUT2D eigenvalue weighted by molar-refractivity contribution is -0.478. The fourth-order valence-corrected chi connectivity index (χ4v) is 3.29. The monoisotopic (exact) mass is 559 g/mol. The molecule has 2 N–H and O–H groups in total. The highest BCUT2D eigenvalue weighted by molar-refractivity contribution is 7.17. The summed E-state index contributed by atoms with van der Waals surface area (Å²) in [5, 5.41) is 13.5. The van der Waals surface area contributed by atoms with E-state index in [-0.39, 0.29) is 17.8 Å². The van der Waals surface area contributed by atoms with Gasteiger partial charge in [-0.1, -0.05) is 6.07 Å². The molecule has 0 aliphatic rings. The van der Waals surface area contributed by atoms with Gasteiger partial charge < -0.3 is 24.6 Å². The van der Waals surface area contributed by atoms with Gasteiger partial charge in [0, 0.05) is 17.6 Å². The van der Waals surface area contributed by atoms with E-state index in [0.717, 1.165) is 0 Å². The molecule has 0 aromatic heterocycles. The van der Waals surface area contributed by atoms with Crippen molar-refractivity contribution in [2.24, 2.45) is 0 Å². The third kappa shape index (κ3) is 13.3. The Hall–Kier alpha value is -1.81. The molecule has 1 aromatic rings. The average molecular weight is 560 g/mol. The van der Waals surface area contributed by atoms with Crippen molar-refractivity contribution in [1.82, 2.24) is 5.32 Å². The van der Waals surface area contributed by atoms with Gasteiger partial charge in [0.05, 0.1) is 17.8 Å². The molecule has 1 atom stereocenters. The van der Waals surface area contributed by atoms with Gasteiger partial charge in [-0.3, -0.25) is 9.47 Å². The molecule has 1 unspecified atom stereocenters. The van der Waals surface area contributed by atoms with E-state index in [0.29, 0.717) is 11.1 Å². The van der Waals surface area contributed by atoms with Gasteiger partial charge in [0.1, 0.15) is 17.5 Å². The van der Waals surface area contributed by atoms with Crippen LogP contribution < -0.4 is 10.1 Å². The molecule has 0 spiro atoms. The van der Waals surface area contributed by atoms with Crippen molar-refractivity contribution in [1.29, 1.82) is 0 Å². The van der Waals surface area contributed by atoms with Crippen LogP contribution in [0.4, 0.5) is 4.79 Å². The highest BCUT2D eigenvalue weighted by atomic mass is 31.1. The first-order valence-corrected chi connectivity index (χ1v) is 13.3. The van der Waals surface area contributed by atoms with Crippen LogP contribution in [0.5, 0.6) is 5.75 Å². The van der Waals surface area contributed by atoms with Crippen LogP contribution in [-0.2, 0) is 34.6 Å². The summed E-state index contributed by atoms with van der Waals surface area (Å²) in [4.78, 5) is 12.5. The number of carbonyl (C=O) groups excluding carboxylic acids is 1. The van der Waals surface area contributed by atoms with Crippen LogP contribution in [0.15, 0.2) is 18.2 Å². The first-order valence-electron chi connectivity index (χ1n) is 12.6. The van der Waals surface area contributed by atoms with E-state index in [4.69, 9.17) is 28.2 Å². The van der Waals surface area contributed by atoms with Gasteiger partial charge in [-0.25, -0.2) is 9.36 Å². The number of ether oxygens (including phenoxy) is 5. The van der Waals surface area contributed by atoms with Crippen LogP contribution in [0.25, 0.3) is 0 Å². The Labute approximate surface area is 228 Å². The summed E-state index contributed by atoms with van der Waals surface area (Å²) >= 11 is 0. The van der Waals surface area contributed by atoms with Crippen LogP contribution in [-0.4, -0.2) is 46.3 Å². The van der Waals surface area contributed by atoms with Crippen LogP contribution in [0.2, 0.25) is 0 Å². The van der Waals surface area contributed by atoms with Gasteiger partial charge in [0.25, 0.3) is 0 Å². The molecule has 0 aliphatic heterocycles. The number of hydrogen-bond acceptors (Lipinski definition) is 10. The number of carbonyl (C=O) groups is 1. The van der Waals surface area contributed by atoms with Gasteiger partial charge in [0.2, 0.25) is 0 Å². The zero-order valence-electron chi connectivity index (χ0n) is 24.9. The first-order chi connectivity index (χ1) is 17.1. The van der Waals surface area contributed by atoms with Gasteiger partial charge >= 0.3 is 21.0 Å². The summed E-state index contributed by atoms with van der Waals surface area (Å²) in [6.45, 7) is 21.7. The van der Waals surface area contributed by atoms with Gasteiger partial charge in [0.15, 0.2) is 0 Å². The highest BCUT2D eigenvalue weighted by Crippen LogP contribution is 2.36. The molecule has 0 heterocycles. The van der Waals surface area contributed by atoms with Crippen molar-refractivity contribution in [3.05, 3.63) is 29.3 Å². The lowest BCUT2D eigenvalue weighted by Gasteiger charge is -2.39. The second-order valence-corrected chi connectivity index (χ2v) is 13.3. The largest absolute Gasteiger partial charge is 0.509 e.